The number of methoxy groups -OCH3 is 2. The van der Waals surface area contributed by atoms with E-state index in [9.17, 15) is 18.5 Å². The Labute approximate surface area is 240 Å². The van der Waals surface area contributed by atoms with E-state index in [4.69, 9.17) is 33.5 Å². The second-order valence-electron chi connectivity index (χ2n) is 9.14. The first kappa shape index (κ1) is 30.3. The molecule has 3 N–H and O–H groups in total. The van der Waals surface area contributed by atoms with Crippen LogP contribution in [0.3, 0.4) is 0 Å². The van der Waals surface area contributed by atoms with Gasteiger partial charge in [0.25, 0.3) is 6.43 Å². The number of nitrogens with two attached hydrogens (primary N) is 1. The summed E-state index contributed by atoms with van der Waals surface area (Å²) in [6.07, 6.45) is -7.73. The normalized spacial score (nSPS) is 21.7. The molecule has 2 aromatic carbocycles. The quantitative estimate of drug-likeness (QED) is 0.180. The van der Waals surface area contributed by atoms with Gasteiger partial charge in [-0.05, 0) is 48.5 Å². The van der Waals surface area contributed by atoms with Crippen molar-refractivity contribution in [1.29, 1.82) is 0 Å². The van der Waals surface area contributed by atoms with E-state index in [1.807, 2.05) is 0 Å². The van der Waals surface area contributed by atoms with Crippen molar-refractivity contribution in [2.75, 3.05) is 26.6 Å². The van der Waals surface area contributed by atoms with E-state index in [0.29, 0.717) is 16.1 Å². The average molecular weight is 629 g/mol. The number of aliphatic hydroxyl groups excluding tert-OH is 1. The number of nitrogens with zero attached hydrogens (tertiary/aromatic N) is 4. The van der Waals surface area contributed by atoms with Gasteiger partial charge in [-0.2, -0.15) is 8.78 Å². The Hall–Kier alpha value is -4.18. The Bertz CT molecular complexity index is 1570. The molecule has 3 heterocycles. The van der Waals surface area contributed by atoms with Crippen LogP contribution < -0.4 is 24.3 Å². The minimum Gasteiger partial charge on any atom is -0.497 e. The fraction of sp³-hybridized carbons (Fsp3) is 0.320. The van der Waals surface area contributed by atoms with Crippen LogP contribution in [0.2, 0.25) is 0 Å². The fourth-order valence-corrected chi connectivity index (χ4v) is 5.49. The zero-order chi connectivity index (χ0) is 31.0. The van der Waals surface area contributed by atoms with Crippen molar-refractivity contribution in [2.45, 2.75) is 30.3 Å². The molecule has 1 aliphatic heterocycles. The summed E-state index contributed by atoms with van der Waals surface area (Å²) in [5, 5.41) is 10.6. The summed E-state index contributed by atoms with van der Waals surface area (Å²) in [6.45, 7) is -1.56. The molecule has 0 spiro atoms. The second-order valence-corrected chi connectivity index (χ2v) is 10.7. The van der Waals surface area contributed by atoms with Crippen LogP contribution in [0.4, 0.5) is 23.4 Å². The number of hydrogen-bond donors (Lipinski definition) is 2. The molecule has 2 aromatic heterocycles. The number of imidazole rings is 1. The second kappa shape index (κ2) is 11.5. The molecule has 43 heavy (non-hydrogen) atoms. The third kappa shape index (κ3) is 5.63. The van der Waals surface area contributed by atoms with Crippen molar-refractivity contribution in [1.82, 2.24) is 19.5 Å². The maximum atomic E-state index is 15.5. The van der Waals surface area contributed by atoms with Gasteiger partial charge in [0.2, 0.25) is 6.23 Å². The number of aliphatic hydroxyl groups is 1. The summed E-state index contributed by atoms with van der Waals surface area (Å²) in [5.41, 5.74) is 1.90. The van der Waals surface area contributed by atoms with E-state index in [1.54, 1.807) is 0 Å². The zero-order valence-corrected chi connectivity index (χ0v) is 23.2. The van der Waals surface area contributed by atoms with Crippen molar-refractivity contribution in [3.05, 3.63) is 61.2 Å². The molecule has 18 heteroatoms. The lowest BCUT2D eigenvalue weighted by Crippen LogP contribution is -2.54. The Kier molecular flexibility index (Phi) is 8.09. The monoisotopic (exact) mass is 629 g/mol. The van der Waals surface area contributed by atoms with Crippen molar-refractivity contribution < 1.29 is 55.0 Å². The number of nitrogen functional groups attached to an aromatic ring is 1. The first-order valence-electron chi connectivity index (χ1n) is 12.3. The average Bonchev–Trinajstić information content (AvgIpc) is 3.50. The van der Waals surface area contributed by atoms with Gasteiger partial charge >= 0.3 is 13.7 Å². The lowest BCUT2D eigenvalue weighted by molar-refractivity contribution is -0.192. The molecule has 1 aliphatic rings. The van der Waals surface area contributed by atoms with Crippen LogP contribution in [0, 0.1) is 0 Å². The predicted octanol–water partition coefficient (Wildman–Crippen LogP) is 4.24. The highest BCUT2D eigenvalue weighted by Crippen LogP contribution is 2.55. The molecule has 1 fully saturated rings. The molecule has 13 nitrogen and oxygen atoms in total. The summed E-state index contributed by atoms with van der Waals surface area (Å²) in [4.78, 5) is 11.4. The van der Waals surface area contributed by atoms with Gasteiger partial charge in [-0.15, -0.1) is 0 Å². The third-order valence-corrected chi connectivity index (χ3v) is 7.81. The van der Waals surface area contributed by atoms with E-state index in [-0.39, 0.29) is 28.5 Å². The number of ether oxygens (including phenoxy) is 3. The fourth-order valence-electron chi connectivity index (χ4n) is 4.22. The Balaban J connectivity index is 1.47. The van der Waals surface area contributed by atoms with E-state index >= 15 is 8.78 Å². The van der Waals surface area contributed by atoms with Crippen molar-refractivity contribution >= 4 is 24.8 Å². The SMILES string of the molecule is COc1ccc(OP(=O)(OCC2(C(F)F)OC(n3cnc4c(N)ncnc43)C(F)(F)C2O)Oc2ccc(OC)cc2)cc1. The molecule has 3 atom stereocenters. The van der Waals surface area contributed by atoms with Gasteiger partial charge in [-0.25, -0.2) is 28.3 Å². The number of phosphoric ester groups is 1. The lowest BCUT2D eigenvalue weighted by Gasteiger charge is -2.31. The molecular weight excluding hydrogens is 605 g/mol. The summed E-state index contributed by atoms with van der Waals surface area (Å²) in [7, 11) is -2.13. The smallest absolute Gasteiger partial charge is 0.497 e. The molecule has 1 saturated heterocycles. The number of fused-ring (bicyclic) bond motifs is 1. The lowest BCUT2D eigenvalue weighted by atomic mass is 9.96. The number of halogens is 4. The van der Waals surface area contributed by atoms with Crippen LogP contribution in [0.15, 0.2) is 61.2 Å². The van der Waals surface area contributed by atoms with Gasteiger partial charge in [0.15, 0.2) is 23.2 Å². The molecule has 0 bridgehead atoms. The Morgan fingerprint density at radius 1 is 0.977 bits per heavy atom. The van der Waals surface area contributed by atoms with Crippen molar-refractivity contribution in [3.8, 4) is 23.0 Å². The first-order valence-corrected chi connectivity index (χ1v) is 13.8. The van der Waals surface area contributed by atoms with Crippen LogP contribution in [-0.4, -0.2) is 69.5 Å². The van der Waals surface area contributed by atoms with E-state index in [1.165, 1.54) is 62.8 Å². The first-order chi connectivity index (χ1) is 20.4. The molecule has 0 radical (unpaired) electrons. The van der Waals surface area contributed by atoms with Crippen LogP contribution in [0.1, 0.15) is 6.23 Å². The molecule has 0 aliphatic carbocycles. The number of rotatable bonds is 11. The van der Waals surface area contributed by atoms with Crippen molar-refractivity contribution in [2.24, 2.45) is 0 Å². The molecule has 3 unspecified atom stereocenters. The maximum Gasteiger partial charge on any atom is 0.587 e. The molecular formula is C25H24F4N5O8P. The molecule has 4 aromatic rings. The van der Waals surface area contributed by atoms with E-state index < -0.39 is 44.7 Å². The molecule has 230 valence electrons. The van der Waals surface area contributed by atoms with Crippen LogP contribution in [0.25, 0.3) is 11.2 Å². The topological polar surface area (TPSA) is 162 Å². The van der Waals surface area contributed by atoms with Crippen LogP contribution >= 0.6 is 7.82 Å². The summed E-state index contributed by atoms with van der Waals surface area (Å²) >= 11 is 0. The van der Waals surface area contributed by atoms with Gasteiger partial charge in [-0.3, -0.25) is 9.09 Å². The van der Waals surface area contributed by atoms with E-state index in [0.717, 1.165) is 12.7 Å². The Morgan fingerprint density at radius 2 is 1.51 bits per heavy atom. The van der Waals surface area contributed by atoms with E-state index in [2.05, 4.69) is 15.0 Å². The maximum absolute atomic E-state index is 15.5. The number of hydrogen-bond acceptors (Lipinski definition) is 12. The molecule has 5 rings (SSSR count). The minimum absolute atomic E-state index is 0.104. The minimum atomic E-state index is -4.95. The van der Waals surface area contributed by atoms with Gasteiger partial charge in [0, 0.05) is 0 Å². The number of benzene rings is 2. The standard InChI is InChI=1S/C25H24F4N5O8P/c1-37-14-3-7-16(8-4-14)41-43(36,42-17-9-5-15(38-2)6-10-17)39-11-24(22(26)27)21(35)25(28,29)23(40-24)34-13-33-18-19(30)31-12-32-20(18)34/h3-10,12-13,21-23,35H,11H2,1-2H3,(H2,30,31,32). The third-order valence-electron chi connectivity index (χ3n) is 6.50. The highest BCUT2D eigenvalue weighted by Gasteiger charge is 2.71. The number of anilines is 1. The molecule has 0 amide bonds. The Morgan fingerprint density at radius 3 is 2.02 bits per heavy atom. The summed E-state index contributed by atoms with van der Waals surface area (Å²) in [5.74, 6) is -3.92. The predicted molar refractivity (Wildman–Crippen MR) is 140 cm³/mol. The summed E-state index contributed by atoms with van der Waals surface area (Å²) in [6, 6.07) is 11.0. The highest BCUT2D eigenvalue weighted by molar-refractivity contribution is 7.49. The van der Waals surface area contributed by atoms with Crippen LogP contribution in [-0.2, 0) is 13.8 Å². The number of aromatic nitrogens is 4. The van der Waals surface area contributed by atoms with Crippen LogP contribution in [0.5, 0.6) is 23.0 Å². The van der Waals surface area contributed by atoms with Gasteiger partial charge in [-0.1, -0.05) is 0 Å². The van der Waals surface area contributed by atoms with Gasteiger partial charge < -0.3 is 34.1 Å². The highest BCUT2D eigenvalue weighted by atomic mass is 31.2. The summed E-state index contributed by atoms with van der Waals surface area (Å²) < 4.78 is 106. The number of alkyl halides is 4. The van der Waals surface area contributed by atoms with Gasteiger partial charge in [0.05, 0.1) is 27.2 Å². The number of phosphoric acid groups is 1. The van der Waals surface area contributed by atoms with Crippen molar-refractivity contribution in [3.63, 3.8) is 0 Å². The van der Waals surface area contributed by atoms with Gasteiger partial charge in [0.1, 0.15) is 34.8 Å². The largest absolute Gasteiger partial charge is 0.587 e. The zero-order valence-electron chi connectivity index (χ0n) is 22.3. The molecule has 0 saturated carbocycles.